The van der Waals surface area contributed by atoms with E-state index < -0.39 is 0 Å². The standard InChI is InChI=1S/C18H18BrN5/c19-14-6-4-13(5-7-14)17-11-16(12-20)23-18(24-17)22-10-8-15-3-1-2-9-21-15/h1-7,9,11H,8,10,12,20H2,(H,22,23,24). The van der Waals surface area contributed by atoms with Crippen LogP contribution in [0.2, 0.25) is 0 Å². The molecular weight excluding hydrogens is 366 g/mol. The van der Waals surface area contributed by atoms with Gasteiger partial charge >= 0.3 is 0 Å². The van der Waals surface area contributed by atoms with E-state index in [9.17, 15) is 0 Å². The van der Waals surface area contributed by atoms with E-state index in [1.54, 1.807) is 6.20 Å². The lowest BCUT2D eigenvalue weighted by Crippen LogP contribution is -2.11. The van der Waals surface area contributed by atoms with Crippen molar-refractivity contribution >= 4 is 21.9 Å². The Bertz CT molecular complexity index is 790. The Morgan fingerprint density at radius 1 is 1.00 bits per heavy atom. The number of pyridine rings is 1. The van der Waals surface area contributed by atoms with Gasteiger partial charge in [-0.2, -0.15) is 0 Å². The lowest BCUT2D eigenvalue weighted by Gasteiger charge is -2.09. The number of hydrogen-bond acceptors (Lipinski definition) is 5. The Hall–Kier alpha value is -2.31. The summed E-state index contributed by atoms with van der Waals surface area (Å²) in [5.74, 6) is 0.590. The van der Waals surface area contributed by atoms with Crippen LogP contribution in [0.4, 0.5) is 5.95 Å². The third kappa shape index (κ3) is 4.37. The van der Waals surface area contributed by atoms with Crippen LogP contribution in [0, 0.1) is 0 Å². The molecule has 0 aliphatic heterocycles. The van der Waals surface area contributed by atoms with Crippen molar-refractivity contribution in [3.63, 3.8) is 0 Å². The number of hydrogen-bond donors (Lipinski definition) is 2. The molecule has 0 fully saturated rings. The molecule has 1 aromatic carbocycles. The zero-order chi connectivity index (χ0) is 16.8. The van der Waals surface area contributed by atoms with Gasteiger partial charge in [0.1, 0.15) is 0 Å². The molecule has 0 unspecified atom stereocenters. The van der Waals surface area contributed by atoms with Crippen LogP contribution in [0.25, 0.3) is 11.3 Å². The number of aromatic nitrogens is 3. The van der Waals surface area contributed by atoms with E-state index >= 15 is 0 Å². The summed E-state index contributed by atoms with van der Waals surface area (Å²) in [6, 6.07) is 15.9. The molecule has 122 valence electrons. The largest absolute Gasteiger partial charge is 0.354 e. The van der Waals surface area contributed by atoms with Crippen molar-refractivity contribution in [2.75, 3.05) is 11.9 Å². The number of nitrogens with zero attached hydrogens (tertiary/aromatic N) is 3. The topological polar surface area (TPSA) is 76.7 Å². The fourth-order valence-electron chi connectivity index (χ4n) is 2.30. The highest BCUT2D eigenvalue weighted by atomic mass is 79.9. The molecule has 0 bridgehead atoms. The van der Waals surface area contributed by atoms with Gasteiger partial charge in [0.2, 0.25) is 5.95 Å². The smallest absolute Gasteiger partial charge is 0.223 e. The molecule has 2 heterocycles. The minimum atomic E-state index is 0.376. The predicted molar refractivity (Wildman–Crippen MR) is 99.5 cm³/mol. The van der Waals surface area contributed by atoms with Crippen LogP contribution in [-0.2, 0) is 13.0 Å². The SMILES string of the molecule is NCc1cc(-c2ccc(Br)cc2)nc(NCCc2ccccn2)n1. The van der Waals surface area contributed by atoms with E-state index in [0.717, 1.165) is 33.5 Å². The molecule has 0 radical (unpaired) electrons. The summed E-state index contributed by atoms with van der Waals surface area (Å²) in [7, 11) is 0. The maximum atomic E-state index is 5.77. The summed E-state index contributed by atoms with van der Waals surface area (Å²) in [5.41, 5.74) is 9.51. The van der Waals surface area contributed by atoms with Crippen LogP contribution in [0.5, 0.6) is 0 Å². The van der Waals surface area contributed by atoms with Crippen LogP contribution in [0.15, 0.2) is 59.2 Å². The normalized spacial score (nSPS) is 10.6. The van der Waals surface area contributed by atoms with Gasteiger partial charge in [-0.15, -0.1) is 0 Å². The molecule has 0 spiro atoms. The van der Waals surface area contributed by atoms with Crippen molar-refractivity contribution in [2.24, 2.45) is 5.73 Å². The van der Waals surface area contributed by atoms with E-state index in [4.69, 9.17) is 5.73 Å². The summed E-state index contributed by atoms with van der Waals surface area (Å²) in [6.45, 7) is 1.09. The summed E-state index contributed by atoms with van der Waals surface area (Å²) in [5, 5.41) is 3.26. The highest BCUT2D eigenvalue weighted by molar-refractivity contribution is 9.10. The van der Waals surface area contributed by atoms with Crippen molar-refractivity contribution in [1.82, 2.24) is 15.0 Å². The van der Waals surface area contributed by atoms with Crippen LogP contribution in [-0.4, -0.2) is 21.5 Å². The highest BCUT2D eigenvalue weighted by Gasteiger charge is 2.06. The first-order valence-electron chi connectivity index (χ1n) is 7.72. The maximum absolute atomic E-state index is 5.77. The van der Waals surface area contributed by atoms with E-state index in [1.165, 1.54) is 0 Å². The molecule has 3 aromatic rings. The maximum Gasteiger partial charge on any atom is 0.223 e. The number of rotatable bonds is 6. The molecule has 0 aliphatic carbocycles. The first-order valence-corrected chi connectivity index (χ1v) is 8.51. The molecular formula is C18H18BrN5. The quantitative estimate of drug-likeness (QED) is 0.681. The Morgan fingerprint density at radius 2 is 1.83 bits per heavy atom. The Balaban J connectivity index is 1.75. The van der Waals surface area contributed by atoms with Crippen molar-refractivity contribution in [3.05, 3.63) is 70.6 Å². The van der Waals surface area contributed by atoms with E-state index in [0.29, 0.717) is 19.0 Å². The number of anilines is 1. The van der Waals surface area contributed by atoms with Gasteiger partial charge in [-0.3, -0.25) is 4.98 Å². The second kappa shape index (κ2) is 7.99. The third-order valence-corrected chi connectivity index (χ3v) is 4.05. The van der Waals surface area contributed by atoms with Gasteiger partial charge in [-0.1, -0.05) is 34.1 Å². The zero-order valence-electron chi connectivity index (χ0n) is 13.1. The Kier molecular flexibility index (Phi) is 5.51. The zero-order valence-corrected chi connectivity index (χ0v) is 14.7. The number of benzene rings is 1. The van der Waals surface area contributed by atoms with Gasteiger partial charge in [-0.05, 0) is 30.3 Å². The van der Waals surface area contributed by atoms with Gasteiger partial charge in [0.05, 0.1) is 11.4 Å². The van der Waals surface area contributed by atoms with Gasteiger partial charge in [0.15, 0.2) is 0 Å². The second-order valence-electron chi connectivity index (χ2n) is 5.28. The monoisotopic (exact) mass is 383 g/mol. The fraction of sp³-hybridized carbons (Fsp3) is 0.167. The lowest BCUT2D eigenvalue weighted by atomic mass is 10.1. The Labute approximate surface area is 149 Å². The molecule has 6 heteroatoms. The van der Waals surface area contributed by atoms with Gasteiger partial charge in [-0.25, -0.2) is 9.97 Å². The van der Waals surface area contributed by atoms with Crippen LogP contribution < -0.4 is 11.1 Å². The van der Waals surface area contributed by atoms with Crippen molar-refractivity contribution < 1.29 is 0 Å². The minimum Gasteiger partial charge on any atom is -0.354 e. The lowest BCUT2D eigenvalue weighted by molar-refractivity contribution is 0.919. The van der Waals surface area contributed by atoms with Crippen LogP contribution in [0.1, 0.15) is 11.4 Å². The molecule has 0 saturated heterocycles. The van der Waals surface area contributed by atoms with Crippen LogP contribution in [0.3, 0.4) is 0 Å². The first kappa shape index (κ1) is 16.5. The predicted octanol–water partition coefficient (Wildman–Crippen LogP) is 3.41. The van der Waals surface area contributed by atoms with Crippen molar-refractivity contribution in [1.29, 1.82) is 0 Å². The third-order valence-electron chi connectivity index (χ3n) is 3.52. The van der Waals surface area contributed by atoms with E-state index in [-0.39, 0.29) is 0 Å². The number of nitrogens with two attached hydrogens (primary N) is 1. The van der Waals surface area contributed by atoms with Gasteiger partial charge in [0.25, 0.3) is 0 Å². The number of nitrogens with one attached hydrogen (secondary N) is 1. The minimum absolute atomic E-state index is 0.376. The first-order chi connectivity index (χ1) is 11.7. The summed E-state index contributed by atoms with van der Waals surface area (Å²) in [4.78, 5) is 13.4. The molecule has 3 N–H and O–H groups in total. The molecule has 0 atom stereocenters. The number of halogens is 1. The van der Waals surface area contributed by atoms with E-state index in [2.05, 4.69) is 36.2 Å². The molecule has 5 nitrogen and oxygen atoms in total. The molecule has 24 heavy (non-hydrogen) atoms. The fourth-order valence-corrected chi connectivity index (χ4v) is 2.56. The molecule has 0 amide bonds. The van der Waals surface area contributed by atoms with Crippen molar-refractivity contribution in [2.45, 2.75) is 13.0 Å². The average Bonchev–Trinajstić information content (AvgIpc) is 2.63. The second-order valence-corrected chi connectivity index (χ2v) is 6.19. The van der Waals surface area contributed by atoms with Gasteiger partial charge < -0.3 is 11.1 Å². The summed E-state index contributed by atoms with van der Waals surface area (Å²) in [6.07, 6.45) is 2.61. The summed E-state index contributed by atoms with van der Waals surface area (Å²) >= 11 is 3.45. The van der Waals surface area contributed by atoms with E-state index in [1.807, 2.05) is 48.5 Å². The molecule has 3 rings (SSSR count). The molecule has 2 aromatic heterocycles. The average molecular weight is 384 g/mol. The Morgan fingerprint density at radius 3 is 2.54 bits per heavy atom. The van der Waals surface area contributed by atoms with Gasteiger partial charge in [0, 0.05) is 41.4 Å². The molecule has 0 saturated carbocycles. The highest BCUT2D eigenvalue weighted by Crippen LogP contribution is 2.21. The molecule has 0 aliphatic rings. The van der Waals surface area contributed by atoms with Crippen LogP contribution >= 0.6 is 15.9 Å². The summed E-state index contributed by atoms with van der Waals surface area (Å²) < 4.78 is 1.04. The van der Waals surface area contributed by atoms with Crippen molar-refractivity contribution in [3.8, 4) is 11.3 Å².